The lowest BCUT2D eigenvalue weighted by Gasteiger charge is -2.39. The Kier molecular flexibility index (Phi) is 6.98. The third kappa shape index (κ3) is 6.47. The van der Waals surface area contributed by atoms with Crippen LogP contribution in [0.1, 0.15) is 19.3 Å². The Bertz CT molecular complexity index is 1090. The first-order valence-corrected chi connectivity index (χ1v) is 11.0. The molecule has 0 heterocycles. The molecule has 12 heteroatoms. The minimum atomic E-state index is -4.79. The molecule has 35 heavy (non-hydrogen) atoms. The van der Waals surface area contributed by atoms with E-state index in [0.717, 1.165) is 18.2 Å². The number of amides is 2. The van der Waals surface area contributed by atoms with Crippen LogP contribution in [0.15, 0.2) is 42.5 Å². The van der Waals surface area contributed by atoms with Crippen LogP contribution in [-0.4, -0.2) is 43.0 Å². The lowest BCUT2D eigenvalue weighted by atomic mass is 9.76. The highest BCUT2D eigenvalue weighted by atomic mass is 35.5. The van der Waals surface area contributed by atoms with Gasteiger partial charge in [-0.2, -0.15) is 0 Å². The second kappa shape index (κ2) is 9.80. The molecule has 0 radical (unpaired) electrons. The van der Waals surface area contributed by atoms with E-state index in [9.17, 15) is 27.2 Å². The third-order valence-corrected chi connectivity index (χ3v) is 6.23. The van der Waals surface area contributed by atoms with E-state index in [2.05, 4.69) is 15.4 Å². The molecule has 188 valence electrons. The molecule has 5 rings (SSSR count). The van der Waals surface area contributed by atoms with Crippen molar-refractivity contribution in [1.82, 2.24) is 10.6 Å². The summed E-state index contributed by atoms with van der Waals surface area (Å²) in [6.45, 7) is -0.599. The first-order chi connectivity index (χ1) is 16.5. The highest BCUT2D eigenvalue weighted by Gasteiger charge is 2.57. The molecule has 2 N–H and O–H groups in total. The number of benzene rings is 2. The Morgan fingerprint density at radius 1 is 0.943 bits per heavy atom. The summed E-state index contributed by atoms with van der Waals surface area (Å²) in [5.74, 6) is -1.15. The van der Waals surface area contributed by atoms with E-state index in [-0.39, 0.29) is 53.5 Å². The highest BCUT2D eigenvalue weighted by Crippen LogP contribution is 2.52. The SMILES string of the molecule is O=C(COc1ccc(OC(F)(F)F)cc1)NC1CC2(NC(=O)COc3ccc(Cl)c(F)c3)CC1C2. The molecule has 1 unspecified atom stereocenters. The monoisotopic (exact) mass is 516 g/mol. The first kappa shape index (κ1) is 24.9. The summed E-state index contributed by atoms with van der Waals surface area (Å²) in [7, 11) is 0. The van der Waals surface area contributed by atoms with Gasteiger partial charge < -0.3 is 24.8 Å². The van der Waals surface area contributed by atoms with Crippen molar-refractivity contribution in [1.29, 1.82) is 0 Å². The number of halogens is 5. The van der Waals surface area contributed by atoms with Crippen LogP contribution in [0.25, 0.3) is 0 Å². The van der Waals surface area contributed by atoms with E-state index in [1.165, 1.54) is 24.3 Å². The molecule has 2 bridgehead atoms. The van der Waals surface area contributed by atoms with Gasteiger partial charge in [-0.25, -0.2) is 4.39 Å². The van der Waals surface area contributed by atoms with Crippen molar-refractivity contribution in [3.63, 3.8) is 0 Å². The maximum atomic E-state index is 13.5. The van der Waals surface area contributed by atoms with Crippen molar-refractivity contribution in [3.05, 3.63) is 53.3 Å². The van der Waals surface area contributed by atoms with E-state index in [1.54, 1.807) is 0 Å². The van der Waals surface area contributed by atoms with Gasteiger partial charge in [0.05, 0.1) is 5.02 Å². The quantitative estimate of drug-likeness (QED) is 0.492. The number of carbonyl (C=O) groups is 2. The fraction of sp³-hybridized carbons (Fsp3) is 0.391. The first-order valence-electron chi connectivity index (χ1n) is 10.7. The van der Waals surface area contributed by atoms with E-state index in [1.807, 2.05) is 0 Å². The Balaban J connectivity index is 1.18. The molecule has 0 aliphatic heterocycles. The second-order valence-corrected chi connectivity index (χ2v) is 8.95. The maximum absolute atomic E-state index is 13.5. The van der Waals surface area contributed by atoms with Gasteiger partial charge in [-0.05, 0) is 61.6 Å². The maximum Gasteiger partial charge on any atom is 0.573 e. The van der Waals surface area contributed by atoms with Crippen LogP contribution in [0.3, 0.4) is 0 Å². The van der Waals surface area contributed by atoms with E-state index < -0.39 is 23.5 Å². The Labute approximate surface area is 202 Å². The van der Waals surface area contributed by atoms with Crippen LogP contribution < -0.4 is 24.8 Å². The third-order valence-electron chi connectivity index (χ3n) is 5.92. The number of rotatable bonds is 9. The van der Waals surface area contributed by atoms with Crippen molar-refractivity contribution in [2.24, 2.45) is 5.92 Å². The van der Waals surface area contributed by atoms with E-state index >= 15 is 0 Å². The van der Waals surface area contributed by atoms with Gasteiger partial charge in [0.2, 0.25) is 0 Å². The number of nitrogens with one attached hydrogen (secondary N) is 2. The summed E-state index contributed by atoms with van der Waals surface area (Å²) in [5.41, 5.74) is -0.427. The van der Waals surface area contributed by atoms with Crippen LogP contribution in [-0.2, 0) is 9.59 Å². The van der Waals surface area contributed by atoms with Gasteiger partial charge >= 0.3 is 6.36 Å². The number of hydrogen-bond donors (Lipinski definition) is 2. The average molecular weight is 517 g/mol. The van der Waals surface area contributed by atoms with Gasteiger partial charge in [-0.1, -0.05) is 11.6 Å². The topological polar surface area (TPSA) is 85.9 Å². The zero-order valence-electron chi connectivity index (χ0n) is 18.2. The summed E-state index contributed by atoms with van der Waals surface area (Å²) in [6, 6.07) is 8.48. The molecule has 3 aliphatic rings. The van der Waals surface area contributed by atoms with Crippen LogP contribution in [0.5, 0.6) is 17.2 Å². The number of carbonyl (C=O) groups excluding carboxylic acids is 2. The summed E-state index contributed by atoms with van der Waals surface area (Å²) in [4.78, 5) is 24.6. The predicted octanol–water partition coefficient (Wildman–Crippen LogP) is 3.99. The largest absolute Gasteiger partial charge is 0.573 e. The molecule has 0 aromatic heterocycles. The van der Waals surface area contributed by atoms with E-state index in [4.69, 9.17) is 21.1 Å². The zero-order valence-corrected chi connectivity index (χ0v) is 18.9. The van der Waals surface area contributed by atoms with Gasteiger partial charge in [-0.3, -0.25) is 9.59 Å². The molecule has 2 aromatic carbocycles. The number of fused-ring (bicyclic) bond motifs is 1. The second-order valence-electron chi connectivity index (χ2n) is 8.55. The molecule has 3 fully saturated rings. The van der Waals surface area contributed by atoms with Crippen LogP contribution in [0.2, 0.25) is 5.02 Å². The van der Waals surface area contributed by atoms with Gasteiger partial charge in [0, 0.05) is 17.6 Å². The smallest absolute Gasteiger partial charge is 0.484 e. The summed E-state index contributed by atoms with van der Waals surface area (Å²) in [6.07, 6.45) is -2.82. The summed E-state index contributed by atoms with van der Waals surface area (Å²) < 4.78 is 64.5. The Hall–Kier alpha value is -3.21. The predicted molar refractivity (Wildman–Crippen MR) is 116 cm³/mol. The molecule has 0 saturated heterocycles. The van der Waals surface area contributed by atoms with Gasteiger partial charge in [0.1, 0.15) is 23.1 Å². The van der Waals surface area contributed by atoms with Gasteiger partial charge in [-0.15, -0.1) is 13.2 Å². The Morgan fingerprint density at radius 2 is 1.54 bits per heavy atom. The summed E-state index contributed by atoms with van der Waals surface area (Å²) in [5, 5.41) is 5.78. The van der Waals surface area contributed by atoms with Crippen LogP contribution in [0, 0.1) is 11.7 Å². The molecule has 3 aliphatic carbocycles. The zero-order chi connectivity index (χ0) is 25.2. The molecular formula is C23H21ClF4N2O5. The normalized spacial score (nSPS) is 22.7. The number of hydrogen-bond acceptors (Lipinski definition) is 5. The molecular weight excluding hydrogens is 496 g/mol. The summed E-state index contributed by atoms with van der Waals surface area (Å²) >= 11 is 5.62. The lowest BCUT2D eigenvalue weighted by Crippen LogP contribution is -2.53. The fourth-order valence-corrected chi connectivity index (χ4v) is 4.60. The number of alkyl halides is 3. The van der Waals surface area contributed by atoms with Gasteiger partial charge in [0.25, 0.3) is 11.8 Å². The van der Waals surface area contributed by atoms with Crippen molar-refractivity contribution >= 4 is 23.4 Å². The van der Waals surface area contributed by atoms with Crippen molar-refractivity contribution in [2.75, 3.05) is 13.2 Å². The lowest BCUT2D eigenvalue weighted by molar-refractivity contribution is -0.274. The molecule has 2 aromatic rings. The minimum Gasteiger partial charge on any atom is -0.484 e. The van der Waals surface area contributed by atoms with Crippen molar-refractivity contribution in [2.45, 2.75) is 37.2 Å². The fourth-order valence-electron chi connectivity index (χ4n) is 4.49. The molecule has 3 saturated carbocycles. The van der Waals surface area contributed by atoms with Crippen LogP contribution in [0.4, 0.5) is 17.6 Å². The molecule has 7 nitrogen and oxygen atoms in total. The van der Waals surface area contributed by atoms with E-state index in [0.29, 0.717) is 19.3 Å². The number of ether oxygens (including phenoxy) is 3. The van der Waals surface area contributed by atoms with Crippen LogP contribution >= 0.6 is 11.6 Å². The minimum absolute atomic E-state index is 0.0425. The average Bonchev–Trinajstić information content (AvgIpc) is 3.26. The standard InChI is InChI=1S/C23H21ClF4N2O5/c24-17-6-5-16(7-18(17)25)34-12-21(32)30-22-8-13(9-22)19(10-22)29-20(31)11-33-14-1-3-15(4-2-14)35-23(26,27)28/h1-7,13,19H,8-12H2,(H,29,31)(H,30,32). The molecule has 1 atom stereocenters. The molecule has 0 spiro atoms. The van der Waals surface area contributed by atoms with Gasteiger partial charge in [0.15, 0.2) is 13.2 Å². The van der Waals surface area contributed by atoms with Crippen molar-refractivity contribution < 1.29 is 41.4 Å². The Morgan fingerprint density at radius 3 is 2.20 bits per heavy atom. The van der Waals surface area contributed by atoms with Crippen molar-refractivity contribution in [3.8, 4) is 17.2 Å². The molecule has 2 amide bonds. The highest BCUT2D eigenvalue weighted by molar-refractivity contribution is 6.30.